The van der Waals surface area contributed by atoms with Gasteiger partial charge in [0.2, 0.25) is 0 Å². The highest BCUT2D eigenvalue weighted by Gasteiger charge is 2.28. The number of rotatable bonds is 3. The summed E-state index contributed by atoms with van der Waals surface area (Å²) >= 11 is 0. The third kappa shape index (κ3) is 2.46. The number of aromatic nitrogens is 3. The maximum absolute atomic E-state index is 11.8. The van der Waals surface area contributed by atoms with Crippen LogP contribution in [0.25, 0.3) is 11.0 Å². The number of nitrogens with one attached hydrogen (secondary N) is 1. The smallest absolute Gasteiger partial charge is 0.310 e. The van der Waals surface area contributed by atoms with Gasteiger partial charge in [-0.1, -0.05) is 6.92 Å². The number of fused-ring (bicyclic) bond motifs is 1. The molecule has 0 amide bonds. The van der Waals surface area contributed by atoms with Crippen molar-refractivity contribution in [1.82, 2.24) is 15.0 Å². The van der Waals surface area contributed by atoms with Crippen molar-refractivity contribution in [3.8, 4) is 0 Å². The van der Waals surface area contributed by atoms with Crippen LogP contribution in [0.4, 0.5) is 5.82 Å². The minimum atomic E-state index is -0.130. The first-order chi connectivity index (χ1) is 10.2. The molecule has 3 rings (SSSR count). The van der Waals surface area contributed by atoms with E-state index >= 15 is 0 Å². The second kappa shape index (κ2) is 5.71. The van der Waals surface area contributed by atoms with Crippen LogP contribution in [0, 0.1) is 5.92 Å². The Balaban J connectivity index is 1.96. The minimum Gasteiger partial charge on any atom is -0.469 e. The SMILES string of the molecule is CCc1c[nH]c2ncnc(N3CCCC(C(=O)OC)C3)c12. The number of piperidine rings is 1. The molecule has 2 aromatic heterocycles. The molecule has 0 radical (unpaired) electrons. The monoisotopic (exact) mass is 288 g/mol. The molecule has 2 aromatic rings. The van der Waals surface area contributed by atoms with Crippen LogP contribution in [-0.4, -0.2) is 41.1 Å². The molecular weight excluding hydrogens is 268 g/mol. The number of carbonyl (C=O) groups excluding carboxylic acids is 1. The van der Waals surface area contributed by atoms with Crippen molar-refractivity contribution in [2.45, 2.75) is 26.2 Å². The number of aromatic amines is 1. The summed E-state index contributed by atoms with van der Waals surface area (Å²) in [4.78, 5) is 25.9. The Hall–Kier alpha value is -2.11. The number of anilines is 1. The van der Waals surface area contributed by atoms with Gasteiger partial charge in [-0.05, 0) is 24.8 Å². The Kier molecular flexibility index (Phi) is 3.77. The molecule has 1 saturated heterocycles. The van der Waals surface area contributed by atoms with Gasteiger partial charge in [0, 0.05) is 19.3 Å². The molecule has 1 N–H and O–H groups in total. The number of aryl methyl sites for hydroxylation is 1. The number of methoxy groups -OCH3 is 1. The lowest BCUT2D eigenvalue weighted by molar-refractivity contribution is -0.145. The topological polar surface area (TPSA) is 71.1 Å². The van der Waals surface area contributed by atoms with Crippen LogP contribution in [0.15, 0.2) is 12.5 Å². The van der Waals surface area contributed by atoms with Crippen LogP contribution >= 0.6 is 0 Å². The number of carbonyl (C=O) groups is 1. The van der Waals surface area contributed by atoms with E-state index in [2.05, 4.69) is 26.8 Å². The highest BCUT2D eigenvalue weighted by atomic mass is 16.5. The van der Waals surface area contributed by atoms with E-state index in [1.807, 2.05) is 6.20 Å². The van der Waals surface area contributed by atoms with Gasteiger partial charge in [-0.25, -0.2) is 9.97 Å². The molecule has 21 heavy (non-hydrogen) atoms. The average molecular weight is 288 g/mol. The molecule has 0 spiro atoms. The van der Waals surface area contributed by atoms with E-state index in [4.69, 9.17) is 4.74 Å². The standard InChI is InChI=1S/C15H20N4O2/c1-3-10-7-16-13-12(10)14(18-9-17-13)19-6-4-5-11(8-19)15(20)21-2/h7,9,11H,3-6,8H2,1-2H3,(H,16,17,18). The number of ether oxygens (including phenoxy) is 1. The van der Waals surface area contributed by atoms with E-state index in [0.717, 1.165) is 42.7 Å². The molecule has 1 atom stereocenters. The van der Waals surface area contributed by atoms with Crippen molar-refractivity contribution in [1.29, 1.82) is 0 Å². The van der Waals surface area contributed by atoms with Gasteiger partial charge in [0.1, 0.15) is 17.8 Å². The van der Waals surface area contributed by atoms with Crippen molar-refractivity contribution in [3.05, 3.63) is 18.1 Å². The van der Waals surface area contributed by atoms with Crippen molar-refractivity contribution in [2.24, 2.45) is 5.92 Å². The maximum Gasteiger partial charge on any atom is 0.310 e. The normalized spacial score (nSPS) is 19.0. The van der Waals surface area contributed by atoms with Crippen LogP contribution in [0.2, 0.25) is 0 Å². The third-order valence-corrected chi connectivity index (χ3v) is 4.17. The molecule has 6 heteroatoms. The zero-order valence-corrected chi connectivity index (χ0v) is 12.4. The molecule has 0 aromatic carbocycles. The van der Waals surface area contributed by atoms with Gasteiger partial charge in [0.15, 0.2) is 0 Å². The fourth-order valence-electron chi connectivity index (χ4n) is 3.06. The fourth-order valence-corrected chi connectivity index (χ4v) is 3.06. The van der Waals surface area contributed by atoms with Gasteiger partial charge in [0.05, 0.1) is 18.4 Å². The molecule has 6 nitrogen and oxygen atoms in total. The summed E-state index contributed by atoms with van der Waals surface area (Å²) in [7, 11) is 1.45. The van der Waals surface area contributed by atoms with E-state index < -0.39 is 0 Å². The number of esters is 1. The van der Waals surface area contributed by atoms with Crippen LogP contribution in [0.5, 0.6) is 0 Å². The summed E-state index contributed by atoms with van der Waals surface area (Å²) in [5, 5.41) is 1.07. The number of H-pyrrole nitrogens is 1. The van der Waals surface area contributed by atoms with Gasteiger partial charge in [0.25, 0.3) is 0 Å². The minimum absolute atomic E-state index is 0.0715. The summed E-state index contributed by atoms with van der Waals surface area (Å²) in [5.41, 5.74) is 2.07. The van der Waals surface area contributed by atoms with Crippen LogP contribution < -0.4 is 4.90 Å². The molecular formula is C15H20N4O2. The molecule has 112 valence electrons. The maximum atomic E-state index is 11.8. The molecule has 1 unspecified atom stereocenters. The van der Waals surface area contributed by atoms with Gasteiger partial charge in [-0.15, -0.1) is 0 Å². The summed E-state index contributed by atoms with van der Waals surface area (Å²) < 4.78 is 4.89. The lowest BCUT2D eigenvalue weighted by Crippen LogP contribution is -2.39. The van der Waals surface area contributed by atoms with Gasteiger partial charge in [-0.2, -0.15) is 0 Å². The molecule has 1 aliphatic rings. The summed E-state index contributed by atoms with van der Waals surface area (Å²) in [6.45, 7) is 3.69. The molecule has 0 aliphatic carbocycles. The van der Waals surface area contributed by atoms with E-state index in [0.29, 0.717) is 6.54 Å². The molecule has 0 bridgehead atoms. The summed E-state index contributed by atoms with van der Waals surface area (Å²) in [6.07, 6.45) is 6.34. The molecule has 0 saturated carbocycles. The van der Waals surface area contributed by atoms with E-state index in [9.17, 15) is 4.79 Å². The van der Waals surface area contributed by atoms with E-state index in [-0.39, 0.29) is 11.9 Å². The fraction of sp³-hybridized carbons (Fsp3) is 0.533. The van der Waals surface area contributed by atoms with Crippen LogP contribution in [-0.2, 0) is 16.0 Å². The second-order valence-electron chi connectivity index (χ2n) is 5.40. The largest absolute Gasteiger partial charge is 0.469 e. The van der Waals surface area contributed by atoms with Crippen molar-refractivity contribution >= 4 is 22.8 Å². The van der Waals surface area contributed by atoms with Crippen molar-refractivity contribution in [2.75, 3.05) is 25.1 Å². The first-order valence-corrected chi connectivity index (χ1v) is 7.38. The second-order valence-corrected chi connectivity index (χ2v) is 5.40. The number of hydrogen-bond donors (Lipinski definition) is 1. The van der Waals surface area contributed by atoms with E-state index in [1.54, 1.807) is 6.33 Å². The number of hydrogen-bond acceptors (Lipinski definition) is 5. The lowest BCUT2D eigenvalue weighted by Gasteiger charge is -2.32. The average Bonchev–Trinajstić information content (AvgIpc) is 2.97. The van der Waals surface area contributed by atoms with Crippen molar-refractivity contribution in [3.63, 3.8) is 0 Å². The van der Waals surface area contributed by atoms with Gasteiger partial charge in [-0.3, -0.25) is 4.79 Å². The Morgan fingerprint density at radius 1 is 1.52 bits per heavy atom. The van der Waals surface area contributed by atoms with Crippen molar-refractivity contribution < 1.29 is 9.53 Å². The summed E-state index contributed by atoms with van der Waals surface area (Å²) in [6, 6.07) is 0. The predicted molar refractivity (Wildman–Crippen MR) is 80.2 cm³/mol. The third-order valence-electron chi connectivity index (χ3n) is 4.17. The van der Waals surface area contributed by atoms with Gasteiger partial charge < -0.3 is 14.6 Å². The Bertz CT molecular complexity index is 652. The summed E-state index contributed by atoms with van der Waals surface area (Å²) in [5.74, 6) is 0.722. The predicted octanol–water partition coefficient (Wildman–Crippen LogP) is 1.91. The van der Waals surface area contributed by atoms with Gasteiger partial charge >= 0.3 is 5.97 Å². The van der Waals surface area contributed by atoms with Crippen LogP contribution in [0.3, 0.4) is 0 Å². The highest BCUT2D eigenvalue weighted by Crippen LogP contribution is 2.30. The first-order valence-electron chi connectivity index (χ1n) is 7.38. The highest BCUT2D eigenvalue weighted by molar-refractivity contribution is 5.91. The first kappa shape index (κ1) is 13.9. The zero-order valence-electron chi connectivity index (χ0n) is 12.4. The molecule has 1 aliphatic heterocycles. The zero-order chi connectivity index (χ0) is 14.8. The Morgan fingerprint density at radius 3 is 3.14 bits per heavy atom. The Labute approximate surface area is 123 Å². The van der Waals surface area contributed by atoms with E-state index in [1.165, 1.54) is 12.7 Å². The molecule has 1 fully saturated rings. The number of nitrogens with zero attached hydrogens (tertiary/aromatic N) is 3. The lowest BCUT2D eigenvalue weighted by atomic mass is 9.98. The Morgan fingerprint density at radius 2 is 2.38 bits per heavy atom. The molecule has 3 heterocycles. The van der Waals surface area contributed by atoms with Crippen LogP contribution in [0.1, 0.15) is 25.3 Å². The quantitative estimate of drug-likeness (QED) is 0.874.